The number of hydrogen-bond donors (Lipinski definition) is 1. The third-order valence-electron chi connectivity index (χ3n) is 5.73. The molecular formula is C21H32N2O. The van der Waals surface area contributed by atoms with E-state index >= 15 is 0 Å². The van der Waals surface area contributed by atoms with Gasteiger partial charge in [0.1, 0.15) is 0 Å². The van der Waals surface area contributed by atoms with Crippen LogP contribution in [0.5, 0.6) is 0 Å². The fourth-order valence-electron chi connectivity index (χ4n) is 4.44. The second-order valence-corrected chi connectivity index (χ2v) is 7.41. The first-order valence-corrected chi connectivity index (χ1v) is 9.89. The molecule has 1 aliphatic heterocycles. The summed E-state index contributed by atoms with van der Waals surface area (Å²) in [4.78, 5) is 15.1. The summed E-state index contributed by atoms with van der Waals surface area (Å²) in [5.74, 6) is 0.927. The summed E-state index contributed by atoms with van der Waals surface area (Å²) in [6, 6.07) is 9.10. The highest BCUT2D eigenvalue weighted by molar-refractivity contribution is 5.79. The van der Waals surface area contributed by atoms with Gasteiger partial charge in [0.2, 0.25) is 5.91 Å². The van der Waals surface area contributed by atoms with E-state index < -0.39 is 0 Å². The Morgan fingerprint density at radius 1 is 1.21 bits per heavy atom. The summed E-state index contributed by atoms with van der Waals surface area (Å²) < 4.78 is 0. The Bertz CT molecular complexity index is 536. The highest BCUT2D eigenvalue weighted by atomic mass is 16.2. The van der Waals surface area contributed by atoms with Crippen molar-refractivity contribution in [1.82, 2.24) is 10.2 Å². The fourth-order valence-corrected chi connectivity index (χ4v) is 4.44. The Labute approximate surface area is 146 Å². The molecule has 132 valence electrons. The molecule has 1 fully saturated rings. The van der Waals surface area contributed by atoms with Crippen LogP contribution in [0.2, 0.25) is 0 Å². The Morgan fingerprint density at radius 2 is 2.00 bits per heavy atom. The van der Waals surface area contributed by atoms with E-state index in [1.165, 1.54) is 49.7 Å². The monoisotopic (exact) mass is 328 g/mol. The molecule has 1 amide bonds. The Kier molecular flexibility index (Phi) is 6.30. The minimum Gasteiger partial charge on any atom is -0.334 e. The van der Waals surface area contributed by atoms with E-state index in [9.17, 15) is 4.79 Å². The predicted molar refractivity (Wildman–Crippen MR) is 99.0 cm³/mol. The number of carbonyl (C=O) groups is 1. The molecule has 1 aromatic carbocycles. The van der Waals surface area contributed by atoms with Crippen LogP contribution in [0.1, 0.15) is 69.0 Å². The lowest BCUT2D eigenvalue weighted by Crippen LogP contribution is -2.47. The smallest absolute Gasteiger partial charge is 0.237 e. The zero-order valence-electron chi connectivity index (χ0n) is 15.1. The van der Waals surface area contributed by atoms with Crippen LogP contribution in [0.25, 0.3) is 0 Å². The highest BCUT2D eigenvalue weighted by Crippen LogP contribution is 2.41. The highest BCUT2D eigenvalue weighted by Gasteiger charge is 2.36. The second kappa shape index (κ2) is 8.66. The van der Waals surface area contributed by atoms with E-state index in [1.54, 1.807) is 0 Å². The van der Waals surface area contributed by atoms with Crippen molar-refractivity contribution < 1.29 is 4.79 Å². The maximum absolute atomic E-state index is 12.9. The maximum Gasteiger partial charge on any atom is 0.237 e. The van der Waals surface area contributed by atoms with E-state index in [1.807, 2.05) is 0 Å². The van der Waals surface area contributed by atoms with Crippen LogP contribution < -0.4 is 5.32 Å². The lowest BCUT2D eigenvalue weighted by Gasteiger charge is -2.43. The SMILES string of the molecule is CCCCNCC(=O)N1CCc2ccccc2C1C1CCCCC1. The number of carbonyl (C=O) groups excluding carboxylic acids is 1. The van der Waals surface area contributed by atoms with Gasteiger partial charge in [0, 0.05) is 6.54 Å². The largest absolute Gasteiger partial charge is 0.334 e. The summed E-state index contributed by atoms with van der Waals surface area (Å²) in [6.07, 6.45) is 9.85. The minimum absolute atomic E-state index is 0.288. The van der Waals surface area contributed by atoms with Crippen molar-refractivity contribution in [3.63, 3.8) is 0 Å². The van der Waals surface area contributed by atoms with E-state index in [2.05, 4.69) is 41.4 Å². The quantitative estimate of drug-likeness (QED) is 0.798. The Morgan fingerprint density at radius 3 is 2.79 bits per heavy atom. The molecule has 24 heavy (non-hydrogen) atoms. The molecule has 3 nitrogen and oxygen atoms in total. The average Bonchev–Trinajstić information content (AvgIpc) is 2.65. The molecule has 0 bridgehead atoms. The van der Waals surface area contributed by atoms with Crippen molar-refractivity contribution in [1.29, 1.82) is 0 Å². The number of nitrogens with zero attached hydrogens (tertiary/aromatic N) is 1. The van der Waals surface area contributed by atoms with Gasteiger partial charge in [-0.15, -0.1) is 0 Å². The number of rotatable bonds is 6. The van der Waals surface area contributed by atoms with Gasteiger partial charge in [-0.1, -0.05) is 56.9 Å². The second-order valence-electron chi connectivity index (χ2n) is 7.41. The minimum atomic E-state index is 0.288. The van der Waals surface area contributed by atoms with Gasteiger partial charge in [0.15, 0.2) is 0 Å². The number of nitrogens with one attached hydrogen (secondary N) is 1. The summed E-state index contributed by atoms with van der Waals surface area (Å²) in [7, 11) is 0. The molecule has 1 N–H and O–H groups in total. The maximum atomic E-state index is 12.9. The summed E-state index contributed by atoms with van der Waals surface area (Å²) >= 11 is 0. The molecule has 1 aromatic rings. The summed E-state index contributed by atoms with van der Waals surface area (Å²) in [6.45, 7) is 4.50. The number of benzene rings is 1. The fraction of sp³-hybridized carbons (Fsp3) is 0.667. The molecule has 0 radical (unpaired) electrons. The van der Waals surface area contributed by atoms with Crippen LogP contribution in [0.4, 0.5) is 0 Å². The van der Waals surface area contributed by atoms with Gasteiger partial charge in [-0.2, -0.15) is 0 Å². The molecular weight excluding hydrogens is 296 g/mol. The summed E-state index contributed by atoms with van der Waals surface area (Å²) in [5.41, 5.74) is 2.87. The summed E-state index contributed by atoms with van der Waals surface area (Å²) in [5, 5.41) is 3.34. The van der Waals surface area contributed by atoms with Crippen LogP contribution in [-0.4, -0.2) is 30.4 Å². The van der Waals surface area contributed by atoms with Gasteiger partial charge in [-0.3, -0.25) is 4.79 Å². The molecule has 2 aliphatic rings. The van der Waals surface area contributed by atoms with E-state index in [0.717, 1.165) is 25.9 Å². The van der Waals surface area contributed by atoms with Gasteiger partial charge in [0.05, 0.1) is 12.6 Å². The number of fused-ring (bicyclic) bond motifs is 1. The van der Waals surface area contributed by atoms with Crippen molar-refractivity contribution in [2.24, 2.45) is 5.92 Å². The third-order valence-corrected chi connectivity index (χ3v) is 5.73. The first-order chi connectivity index (χ1) is 11.8. The van der Waals surface area contributed by atoms with Crippen LogP contribution in [0.3, 0.4) is 0 Å². The van der Waals surface area contributed by atoms with Crippen molar-refractivity contribution in [3.05, 3.63) is 35.4 Å². The van der Waals surface area contributed by atoms with Crippen LogP contribution in [-0.2, 0) is 11.2 Å². The van der Waals surface area contributed by atoms with Gasteiger partial charge >= 0.3 is 0 Å². The van der Waals surface area contributed by atoms with Crippen molar-refractivity contribution in [2.75, 3.05) is 19.6 Å². The lowest BCUT2D eigenvalue weighted by atomic mass is 9.77. The third kappa shape index (κ3) is 4.00. The van der Waals surface area contributed by atoms with Crippen LogP contribution in [0, 0.1) is 5.92 Å². The zero-order chi connectivity index (χ0) is 16.8. The molecule has 1 heterocycles. The molecule has 1 atom stereocenters. The van der Waals surface area contributed by atoms with Crippen molar-refractivity contribution in [3.8, 4) is 0 Å². The predicted octanol–water partition coefficient (Wildman–Crippen LogP) is 4.08. The molecule has 0 saturated heterocycles. The van der Waals surface area contributed by atoms with E-state index in [4.69, 9.17) is 0 Å². The molecule has 1 unspecified atom stereocenters. The lowest BCUT2D eigenvalue weighted by molar-refractivity contribution is -0.134. The van der Waals surface area contributed by atoms with E-state index in [0.29, 0.717) is 18.5 Å². The first kappa shape index (κ1) is 17.5. The zero-order valence-corrected chi connectivity index (χ0v) is 15.1. The molecule has 1 aliphatic carbocycles. The van der Waals surface area contributed by atoms with Gasteiger partial charge in [-0.05, 0) is 49.3 Å². The number of unbranched alkanes of at least 4 members (excludes halogenated alkanes) is 1. The topological polar surface area (TPSA) is 32.3 Å². The van der Waals surface area contributed by atoms with Crippen LogP contribution >= 0.6 is 0 Å². The molecule has 1 saturated carbocycles. The molecule has 3 heteroatoms. The van der Waals surface area contributed by atoms with Gasteiger partial charge < -0.3 is 10.2 Å². The molecule has 3 rings (SSSR count). The van der Waals surface area contributed by atoms with Crippen molar-refractivity contribution >= 4 is 5.91 Å². The standard InChI is InChI=1S/C21H32N2O/c1-2-3-14-22-16-20(24)23-15-13-17-9-7-8-12-19(17)21(23)18-10-5-4-6-11-18/h7-9,12,18,21-22H,2-6,10-11,13-16H2,1H3. The number of amides is 1. The average molecular weight is 329 g/mol. The normalized spacial score (nSPS) is 21.5. The Balaban J connectivity index is 1.75. The molecule has 0 spiro atoms. The molecule has 0 aromatic heterocycles. The van der Waals surface area contributed by atoms with Gasteiger partial charge in [0.25, 0.3) is 0 Å². The van der Waals surface area contributed by atoms with Crippen molar-refractivity contribution in [2.45, 2.75) is 64.3 Å². The van der Waals surface area contributed by atoms with Crippen LogP contribution in [0.15, 0.2) is 24.3 Å². The Hall–Kier alpha value is -1.35. The first-order valence-electron chi connectivity index (χ1n) is 9.89. The van der Waals surface area contributed by atoms with E-state index in [-0.39, 0.29) is 5.91 Å². The van der Waals surface area contributed by atoms with Gasteiger partial charge in [-0.25, -0.2) is 0 Å². The number of hydrogen-bond acceptors (Lipinski definition) is 2.